The van der Waals surface area contributed by atoms with E-state index in [4.69, 9.17) is 11.5 Å². The highest BCUT2D eigenvalue weighted by atomic mass is 15.0. The van der Waals surface area contributed by atoms with Crippen molar-refractivity contribution in [2.75, 3.05) is 0 Å². The molecule has 0 aliphatic heterocycles. The van der Waals surface area contributed by atoms with Crippen molar-refractivity contribution in [3.8, 4) is 0 Å². The lowest BCUT2D eigenvalue weighted by molar-refractivity contribution is 0.303. The van der Waals surface area contributed by atoms with Crippen LogP contribution in [-0.4, -0.2) is 13.5 Å². The standard InChI is InChI=1S/C8H17BN2/c9-7-4-5-2-1-3-6(5)8(7,10)11/h5-7H,1-4,9-11H2. The minimum Gasteiger partial charge on any atom is -0.314 e. The van der Waals surface area contributed by atoms with Gasteiger partial charge in [0.1, 0.15) is 7.85 Å². The monoisotopic (exact) mass is 152 g/mol. The summed E-state index contributed by atoms with van der Waals surface area (Å²) in [6, 6.07) is 0. The molecule has 2 rings (SSSR count). The minimum atomic E-state index is -0.346. The summed E-state index contributed by atoms with van der Waals surface area (Å²) in [5.41, 5.74) is 11.8. The van der Waals surface area contributed by atoms with E-state index in [1.807, 2.05) is 0 Å². The van der Waals surface area contributed by atoms with Crippen molar-refractivity contribution < 1.29 is 0 Å². The Morgan fingerprint density at radius 2 is 2.00 bits per heavy atom. The average molecular weight is 152 g/mol. The first-order valence-corrected chi connectivity index (χ1v) is 4.70. The maximum absolute atomic E-state index is 6.08. The average Bonchev–Trinajstić information content (AvgIpc) is 2.41. The quantitative estimate of drug-likeness (QED) is 0.374. The second-order valence-corrected chi connectivity index (χ2v) is 4.43. The predicted octanol–water partition coefficient (Wildman–Crippen LogP) is -0.158. The first-order chi connectivity index (χ1) is 5.12. The third kappa shape index (κ3) is 0.943. The van der Waals surface area contributed by atoms with Crippen molar-refractivity contribution in [2.24, 2.45) is 23.3 Å². The lowest BCUT2D eigenvalue weighted by atomic mass is 9.76. The summed E-state index contributed by atoms with van der Waals surface area (Å²) in [6.45, 7) is 0. The van der Waals surface area contributed by atoms with Gasteiger partial charge in [0.2, 0.25) is 0 Å². The largest absolute Gasteiger partial charge is 0.314 e. The van der Waals surface area contributed by atoms with Crippen LogP contribution in [-0.2, 0) is 0 Å². The van der Waals surface area contributed by atoms with Gasteiger partial charge in [-0.15, -0.1) is 0 Å². The van der Waals surface area contributed by atoms with Crippen molar-refractivity contribution in [1.29, 1.82) is 0 Å². The van der Waals surface area contributed by atoms with Crippen LogP contribution in [0.4, 0.5) is 0 Å². The third-order valence-corrected chi connectivity index (χ3v) is 3.81. The molecule has 2 fully saturated rings. The first kappa shape index (κ1) is 7.62. The van der Waals surface area contributed by atoms with Crippen LogP contribution in [0.2, 0.25) is 5.82 Å². The molecule has 0 radical (unpaired) electrons. The van der Waals surface area contributed by atoms with E-state index in [1.165, 1.54) is 25.7 Å². The van der Waals surface area contributed by atoms with Crippen molar-refractivity contribution >= 4 is 7.85 Å². The molecule has 3 heteroatoms. The van der Waals surface area contributed by atoms with Crippen molar-refractivity contribution in [3.05, 3.63) is 0 Å². The van der Waals surface area contributed by atoms with Crippen LogP contribution in [0.5, 0.6) is 0 Å². The highest BCUT2D eigenvalue weighted by Gasteiger charge is 2.49. The molecule has 3 unspecified atom stereocenters. The molecule has 0 heterocycles. The van der Waals surface area contributed by atoms with E-state index in [-0.39, 0.29) is 5.66 Å². The van der Waals surface area contributed by atoms with Gasteiger partial charge in [-0.25, -0.2) is 0 Å². The maximum atomic E-state index is 6.08. The number of fused-ring (bicyclic) bond motifs is 1. The molecule has 0 saturated heterocycles. The van der Waals surface area contributed by atoms with E-state index in [0.29, 0.717) is 11.7 Å². The summed E-state index contributed by atoms with van der Waals surface area (Å²) in [4.78, 5) is 0. The van der Waals surface area contributed by atoms with Gasteiger partial charge in [-0.3, -0.25) is 0 Å². The van der Waals surface area contributed by atoms with Gasteiger partial charge in [0.25, 0.3) is 0 Å². The second-order valence-electron chi connectivity index (χ2n) is 4.43. The van der Waals surface area contributed by atoms with Gasteiger partial charge < -0.3 is 11.5 Å². The molecule has 2 nitrogen and oxygen atoms in total. The second kappa shape index (κ2) is 2.24. The van der Waals surface area contributed by atoms with E-state index >= 15 is 0 Å². The van der Waals surface area contributed by atoms with Gasteiger partial charge in [0.05, 0.1) is 5.66 Å². The van der Waals surface area contributed by atoms with Gasteiger partial charge in [-0.05, 0) is 24.1 Å². The van der Waals surface area contributed by atoms with E-state index in [9.17, 15) is 0 Å². The Morgan fingerprint density at radius 3 is 2.64 bits per heavy atom. The molecular formula is C8H17BN2. The van der Waals surface area contributed by atoms with Gasteiger partial charge >= 0.3 is 0 Å². The predicted molar refractivity (Wildman–Crippen MR) is 48.8 cm³/mol. The Kier molecular flexibility index (Phi) is 1.55. The van der Waals surface area contributed by atoms with Crippen LogP contribution in [0.15, 0.2) is 0 Å². The van der Waals surface area contributed by atoms with Crippen LogP contribution in [0.25, 0.3) is 0 Å². The first-order valence-electron chi connectivity index (χ1n) is 4.70. The highest BCUT2D eigenvalue weighted by Crippen LogP contribution is 2.50. The molecule has 3 atom stereocenters. The zero-order valence-corrected chi connectivity index (χ0v) is 7.22. The molecule has 11 heavy (non-hydrogen) atoms. The maximum Gasteiger partial charge on any atom is 0.109 e. The summed E-state index contributed by atoms with van der Waals surface area (Å²) in [5, 5.41) is 0. The zero-order valence-electron chi connectivity index (χ0n) is 7.22. The van der Waals surface area contributed by atoms with Crippen LogP contribution >= 0.6 is 0 Å². The molecule has 0 aromatic heterocycles. The Morgan fingerprint density at radius 1 is 1.27 bits per heavy atom. The molecule has 0 bridgehead atoms. The van der Waals surface area contributed by atoms with Crippen molar-refractivity contribution in [2.45, 2.75) is 37.2 Å². The van der Waals surface area contributed by atoms with Crippen LogP contribution in [0.1, 0.15) is 25.7 Å². The molecule has 0 aromatic rings. The summed E-state index contributed by atoms with van der Waals surface area (Å²) >= 11 is 0. The minimum absolute atomic E-state index is 0.346. The van der Waals surface area contributed by atoms with Gasteiger partial charge in [0.15, 0.2) is 0 Å². The summed E-state index contributed by atoms with van der Waals surface area (Å²) in [6.07, 6.45) is 5.24. The van der Waals surface area contributed by atoms with Gasteiger partial charge in [-0.2, -0.15) is 0 Å². The number of hydrogen-bond acceptors (Lipinski definition) is 2. The zero-order chi connectivity index (χ0) is 8.06. The fourth-order valence-corrected chi connectivity index (χ4v) is 3.00. The molecule has 62 valence electrons. The Hall–Kier alpha value is -0.0151. The molecule has 2 aliphatic rings. The van der Waals surface area contributed by atoms with E-state index in [2.05, 4.69) is 7.85 Å². The van der Waals surface area contributed by atoms with Gasteiger partial charge in [-0.1, -0.05) is 19.3 Å². The molecule has 4 N–H and O–H groups in total. The number of hydrogen-bond donors (Lipinski definition) is 2. The Balaban J connectivity index is 2.20. The van der Waals surface area contributed by atoms with E-state index in [1.54, 1.807) is 0 Å². The van der Waals surface area contributed by atoms with Crippen molar-refractivity contribution in [3.63, 3.8) is 0 Å². The Labute approximate surface area is 69.1 Å². The summed E-state index contributed by atoms with van der Waals surface area (Å²) in [7, 11) is 2.19. The van der Waals surface area contributed by atoms with E-state index < -0.39 is 0 Å². The van der Waals surface area contributed by atoms with Crippen molar-refractivity contribution in [1.82, 2.24) is 0 Å². The summed E-state index contributed by atoms with van der Waals surface area (Å²) < 4.78 is 0. The lowest BCUT2D eigenvalue weighted by Gasteiger charge is -2.30. The summed E-state index contributed by atoms with van der Waals surface area (Å²) in [5.74, 6) is 2.00. The SMILES string of the molecule is BC1CC2CCCC2C1(N)N. The van der Waals surface area contributed by atoms with Gasteiger partial charge in [0, 0.05) is 0 Å². The highest BCUT2D eigenvalue weighted by molar-refractivity contribution is 6.12. The number of nitrogens with two attached hydrogens (primary N) is 2. The van der Waals surface area contributed by atoms with E-state index in [0.717, 1.165) is 5.92 Å². The molecule has 0 amide bonds. The topological polar surface area (TPSA) is 52.0 Å². The third-order valence-electron chi connectivity index (χ3n) is 3.81. The molecule has 0 aromatic carbocycles. The lowest BCUT2D eigenvalue weighted by Crippen LogP contribution is -2.55. The molecule has 2 saturated carbocycles. The fourth-order valence-electron chi connectivity index (χ4n) is 3.00. The molecular weight excluding hydrogens is 135 g/mol. The van der Waals surface area contributed by atoms with Crippen LogP contribution < -0.4 is 11.5 Å². The molecule has 2 aliphatic carbocycles. The normalized spacial score (nSPS) is 47.6. The van der Waals surface area contributed by atoms with Crippen LogP contribution in [0, 0.1) is 11.8 Å². The Bertz CT molecular complexity index is 169. The fraction of sp³-hybridized carbons (Fsp3) is 1.00. The van der Waals surface area contributed by atoms with Crippen LogP contribution in [0.3, 0.4) is 0 Å². The molecule has 0 spiro atoms. The smallest absolute Gasteiger partial charge is 0.109 e. The number of rotatable bonds is 0.